The molecule has 0 amide bonds. The van der Waals surface area contributed by atoms with Gasteiger partial charge in [-0.1, -0.05) is 12.8 Å². The van der Waals surface area contributed by atoms with Gasteiger partial charge in [0.05, 0.1) is 17.4 Å². The van der Waals surface area contributed by atoms with Crippen LogP contribution in [0.1, 0.15) is 52.7 Å². The number of aliphatic hydroxyl groups is 2. The summed E-state index contributed by atoms with van der Waals surface area (Å²) in [5, 5.41) is 25.4. The second-order valence-corrected chi connectivity index (χ2v) is 12.7. The minimum Gasteiger partial charge on any atom is -0.438 e. The van der Waals surface area contributed by atoms with Crippen LogP contribution in [0.15, 0.2) is 12.3 Å². The summed E-state index contributed by atoms with van der Waals surface area (Å²) in [5.41, 5.74) is -0.371. The highest BCUT2D eigenvalue weighted by Crippen LogP contribution is 2.42. The molecule has 4 N–H and O–H groups in total. The molecule has 2 aromatic rings. The summed E-state index contributed by atoms with van der Waals surface area (Å²) in [6.45, 7) is 3.88. The normalized spacial score (nSPS) is 26.1. The van der Waals surface area contributed by atoms with Gasteiger partial charge in [-0.2, -0.15) is 4.98 Å². The Balaban J connectivity index is 1.36. The van der Waals surface area contributed by atoms with Crippen LogP contribution in [0, 0.1) is 5.41 Å². The number of hydrogen-bond acceptors (Lipinski definition) is 11. The van der Waals surface area contributed by atoms with E-state index in [0.29, 0.717) is 22.9 Å². The number of nitrogens with zero attached hydrogens (tertiary/aromatic N) is 3. The SMILES string of the molecule is CC(C)(C)C(=O)OCOP(=O)(O)COC[C@H]1O[C@@H](n2ccc3c(NC4CCCC4)nc(Cl)nc32)[C@H](O)[C@@H]1O. The molecule has 2 aromatic heterocycles. The largest absolute Gasteiger partial charge is 0.438 e. The fraction of sp³-hybridized carbons (Fsp3) is 0.696. The van der Waals surface area contributed by atoms with Gasteiger partial charge in [0.15, 0.2) is 6.23 Å². The van der Waals surface area contributed by atoms with E-state index in [4.69, 9.17) is 30.3 Å². The van der Waals surface area contributed by atoms with Gasteiger partial charge in [-0.15, -0.1) is 0 Å². The molecule has 38 heavy (non-hydrogen) atoms. The summed E-state index contributed by atoms with van der Waals surface area (Å²) in [7, 11) is -4.26. The zero-order valence-corrected chi connectivity index (χ0v) is 23.1. The highest BCUT2D eigenvalue weighted by Gasteiger charge is 2.44. The Kier molecular flexibility index (Phi) is 9.00. The van der Waals surface area contributed by atoms with Gasteiger partial charge in [0.1, 0.15) is 36.1 Å². The molecule has 2 aliphatic rings. The monoisotopic (exact) mass is 576 g/mol. The topological polar surface area (TPSA) is 174 Å². The number of hydrogen-bond donors (Lipinski definition) is 4. The van der Waals surface area contributed by atoms with Crippen molar-refractivity contribution < 1.29 is 43.2 Å². The maximum atomic E-state index is 12.2. The number of anilines is 1. The van der Waals surface area contributed by atoms with Crippen molar-refractivity contribution in [3.05, 3.63) is 17.5 Å². The summed E-state index contributed by atoms with van der Waals surface area (Å²) in [6, 6.07) is 2.07. The molecule has 0 aromatic carbocycles. The highest BCUT2D eigenvalue weighted by atomic mass is 35.5. The Bertz CT molecular complexity index is 1180. The van der Waals surface area contributed by atoms with E-state index in [9.17, 15) is 24.5 Å². The maximum Gasteiger partial charge on any atom is 0.356 e. The third-order valence-electron chi connectivity index (χ3n) is 6.45. The number of carbonyl (C=O) groups is 1. The zero-order chi connectivity index (χ0) is 27.7. The maximum absolute atomic E-state index is 12.2. The average molecular weight is 577 g/mol. The van der Waals surface area contributed by atoms with E-state index in [-0.39, 0.29) is 11.9 Å². The van der Waals surface area contributed by atoms with Crippen molar-refractivity contribution in [2.45, 2.75) is 77.0 Å². The van der Waals surface area contributed by atoms with E-state index in [1.54, 1.807) is 37.6 Å². The van der Waals surface area contributed by atoms with E-state index >= 15 is 0 Å². The van der Waals surface area contributed by atoms with Crippen LogP contribution in [0.4, 0.5) is 5.82 Å². The molecule has 0 bridgehead atoms. The van der Waals surface area contributed by atoms with Crippen molar-refractivity contribution in [3.8, 4) is 0 Å². The number of nitrogens with one attached hydrogen (secondary N) is 1. The van der Waals surface area contributed by atoms with Gasteiger partial charge in [-0.3, -0.25) is 13.9 Å². The van der Waals surface area contributed by atoms with Crippen LogP contribution >= 0.6 is 19.2 Å². The molecule has 5 atom stereocenters. The first kappa shape index (κ1) is 29.2. The fourth-order valence-corrected chi connectivity index (χ4v) is 5.18. The Morgan fingerprint density at radius 2 is 1.97 bits per heavy atom. The van der Waals surface area contributed by atoms with Gasteiger partial charge in [0.25, 0.3) is 0 Å². The van der Waals surface area contributed by atoms with Crippen molar-refractivity contribution in [2.24, 2.45) is 5.41 Å². The summed E-state index contributed by atoms with van der Waals surface area (Å²) in [6.07, 6.45) is 0.568. The second-order valence-electron chi connectivity index (χ2n) is 10.5. The average Bonchev–Trinajstić information content (AvgIpc) is 3.55. The third kappa shape index (κ3) is 6.83. The quantitative estimate of drug-likeness (QED) is 0.141. The number of carbonyl (C=O) groups excluding carboxylic acids is 1. The van der Waals surface area contributed by atoms with E-state index in [0.717, 1.165) is 25.7 Å². The van der Waals surface area contributed by atoms with E-state index < -0.39 is 56.7 Å². The first-order valence-electron chi connectivity index (χ1n) is 12.4. The minimum atomic E-state index is -4.26. The Morgan fingerprint density at radius 3 is 2.66 bits per heavy atom. The zero-order valence-electron chi connectivity index (χ0n) is 21.4. The molecule has 13 nitrogen and oxygen atoms in total. The number of halogens is 1. The van der Waals surface area contributed by atoms with E-state index in [1.807, 2.05) is 0 Å². The summed E-state index contributed by atoms with van der Waals surface area (Å²) in [5.74, 6) is -0.00287. The van der Waals surface area contributed by atoms with Gasteiger partial charge in [-0.25, -0.2) is 4.98 Å². The third-order valence-corrected chi connectivity index (χ3v) is 7.63. The van der Waals surface area contributed by atoms with Gasteiger partial charge in [-0.05, 0) is 51.3 Å². The molecule has 3 heterocycles. The molecule has 1 unspecified atom stereocenters. The summed E-state index contributed by atoms with van der Waals surface area (Å²) in [4.78, 5) is 30.3. The molecule has 1 aliphatic carbocycles. The van der Waals surface area contributed by atoms with Gasteiger partial charge in [0.2, 0.25) is 12.1 Å². The van der Waals surface area contributed by atoms with Gasteiger partial charge < -0.3 is 39.2 Å². The lowest BCUT2D eigenvalue weighted by molar-refractivity contribution is -0.160. The summed E-state index contributed by atoms with van der Waals surface area (Å²) < 4.78 is 34.4. The van der Waals surface area contributed by atoms with Crippen molar-refractivity contribution in [3.63, 3.8) is 0 Å². The molecule has 1 aliphatic heterocycles. The predicted molar refractivity (Wildman–Crippen MR) is 136 cm³/mol. The van der Waals surface area contributed by atoms with Crippen LogP contribution in [0.3, 0.4) is 0 Å². The number of rotatable bonds is 10. The molecule has 15 heteroatoms. The fourth-order valence-electron chi connectivity index (χ4n) is 4.38. The van der Waals surface area contributed by atoms with Crippen LogP contribution in [-0.2, 0) is 28.1 Å². The first-order chi connectivity index (χ1) is 17.9. The van der Waals surface area contributed by atoms with Crippen LogP contribution in [0.5, 0.6) is 0 Å². The van der Waals surface area contributed by atoms with Crippen LogP contribution in [0.2, 0.25) is 5.28 Å². The van der Waals surface area contributed by atoms with Gasteiger partial charge >= 0.3 is 13.6 Å². The molecule has 4 rings (SSSR count). The second kappa shape index (κ2) is 11.7. The standard InChI is InChI=1S/C23H34ClN4O9P/c1-23(2,3)21(31)35-11-36-38(32,33)12-34-10-15-16(29)17(30)20(37-15)28-9-8-14-18(25-13-6-4-5-7-13)26-22(24)27-19(14)28/h8-9,13,15-17,20,29-30H,4-7,10-12H2,1-3H3,(H,32,33)(H,25,26,27)/t15-,16-,17-,20-/m1/s1. The van der Waals surface area contributed by atoms with E-state index in [1.165, 1.54) is 0 Å². The van der Waals surface area contributed by atoms with Crippen molar-refractivity contribution >= 4 is 42.0 Å². The van der Waals surface area contributed by atoms with Crippen LogP contribution in [0.25, 0.3) is 11.0 Å². The van der Waals surface area contributed by atoms with Gasteiger partial charge in [0, 0.05) is 12.2 Å². The number of ether oxygens (including phenoxy) is 3. The number of aliphatic hydroxyl groups excluding tert-OH is 2. The molecule has 212 valence electrons. The smallest absolute Gasteiger partial charge is 0.356 e. The molecule has 1 saturated heterocycles. The highest BCUT2D eigenvalue weighted by molar-refractivity contribution is 7.52. The predicted octanol–water partition coefficient (Wildman–Crippen LogP) is 2.78. The first-order valence-corrected chi connectivity index (χ1v) is 14.5. The van der Waals surface area contributed by atoms with Crippen LogP contribution in [-0.4, -0.2) is 79.7 Å². The Hall–Kier alpha value is -1.83. The molecular formula is C23H34ClN4O9P. The molecule has 1 saturated carbocycles. The number of fused-ring (bicyclic) bond motifs is 1. The molecular weight excluding hydrogens is 543 g/mol. The molecule has 0 radical (unpaired) electrons. The van der Waals surface area contributed by atoms with E-state index in [2.05, 4.69) is 15.3 Å². The summed E-state index contributed by atoms with van der Waals surface area (Å²) >= 11 is 6.19. The Morgan fingerprint density at radius 1 is 1.26 bits per heavy atom. The van der Waals surface area contributed by atoms with Crippen molar-refractivity contribution in [1.82, 2.24) is 14.5 Å². The lowest BCUT2D eigenvalue weighted by Crippen LogP contribution is -2.34. The van der Waals surface area contributed by atoms with Crippen molar-refractivity contribution in [2.75, 3.05) is 25.1 Å². The lowest BCUT2D eigenvalue weighted by Gasteiger charge is -2.19. The molecule has 0 spiro atoms. The minimum absolute atomic E-state index is 0.0257. The van der Waals surface area contributed by atoms with Crippen LogP contribution < -0.4 is 5.32 Å². The number of esters is 1. The Labute approximate surface area is 224 Å². The lowest BCUT2D eigenvalue weighted by atomic mass is 9.98. The molecule has 2 fully saturated rings. The van der Waals surface area contributed by atoms with Crippen molar-refractivity contribution in [1.29, 1.82) is 0 Å². The number of aromatic nitrogens is 3.